The molecular formula is C18H20FN3O. The molecule has 2 N–H and O–H groups in total. The zero-order chi connectivity index (χ0) is 16.1. The Morgan fingerprint density at radius 1 is 1.09 bits per heavy atom. The van der Waals surface area contributed by atoms with Crippen molar-refractivity contribution in [3.05, 3.63) is 48.4 Å². The summed E-state index contributed by atoms with van der Waals surface area (Å²) in [7, 11) is 0. The number of nitrogens with zero attached hydrogens (tertiary/aromatic N) is 1. The van der Waals surface area contributed by atoms with E-state index in [1.165, 1.54) is 18.6 Å². The van der Waals surface area contributed by atoms with E-state index in [0.29, 0.717) is 11.5 Å². The van der Waals surface area contributed by atoms with E-state index in [1.54, 1.807) is 24.4 Å². The number of aromatic nitrogens is 1. The van der Waals surface area contributed by atoms with E-state index in [1.807, 2.05) is 6.07 Å². The van der Waals surface area contributed by atoms with Crippen molar-refractivity contribution in [3.63, 3.8) is 0 Å². The fourth-order valence-electron chi connectivity index (χ4n) is 2.87. The Morgan fingerprint density at radius 2 is 1.91 bits per heavy atom. The molecule has 0 unspecified atom stereocenters. The highest BCUT2D eigenvalue weighted by molar-refractivity contribution is 5.91. The van der Waals surface area contributed by atoms with Crippen LogP contribution in [-0.2, 0) is 4.79 Å². The van der Waals surface area contributed by atoms with Gasteiger partial charge in [0.25, 0.3) is 0 Å². The van der Waals surface area contributed by atoms with Crippen LogP contribution in [0.5, 0.6) is 0 Å². The monoisotopic (exact) mass is 313 g/mol. The van der Waals surface area contributed by atoms with Crippen molar-refractivity contribution < 1.29 is 9.18 Å². The molecule has 3 rings (SSSR count). The number of pyridine rings is 1. The lowest BCUT2D eigenvalue weighted by molar-refractivity contribution is -0.120. The number of carbonyl (C=O) groups excluding carboxylic acids is 1. The van der Waals surface area contributed by atoms with Crippen molar-refractivity contribution in [2.75, 3.05) is 10.6 Å². The van der Waals surface area contributed by atoms with E-state index in [4.69, 9.17) is 0 Å². The largest absolute Gasteiger partial charge is 0.354 e. The summed E-state index contributed by atoms with van der Waals surface area (Å²) < 4.78 is 13.2. The molecule has 4 nitrogen and oxygen atoms in total. The highest BCUT2D eigenvalue weighted by Crippen LogP contribution is 2.25. The lowest BCUT2D eigenvalue weighted by Gasteiger charge is -2.20. The highest BCUT2D eigenvalue weighted by Gasteiger charge is 2.21. The summed E-state index contributed by atoms with van der Waals surface area (Å²) in [5.74, 6) is 0.420. The fraction of sp³-hybridized carbons (Fsp3) is 0.333. The molecule has 5 heteroatoms. The molecule has 1 aliphatic carbocycles. The Kier molecular flexibility index (Phi) is 4.86. The maximum atomic E-state index is 13.2. The zero-order valence-corrected chi connectivity index (χ0v) is 12.9. The molecule has 1 fully saturated rings. The van der Waals surface area contributed by atoms with Crippen LogP contribution in [0.15, 0.2) is 42.6 Å². The number of halogens is 1. The number of anilines is 3. The van der Waals surface area contributed by atoms with Crippen molar-refractivity contribution >= 4 is 23.1 Å². The van der Waals surface area contributed by atoms with Crippen LogP contribution in [-0.4, -0.2) is 10.9 Å². The van der Waals surface area contributed by atoms with E-state index in [2.05, 4.69) is 15.6 Å². The molecule has 1 aromatic carbocycles. The Balaban J connectivity index is 1.59. The second-order valence-electron chi connectivity index (χ2n) is 5.89. The number of amides is 1. The molecule has 23 heavy (non-hydrogen) atoms. The lowest BCUT2D eigenvalue weighted by Crippen LogP contribution is -2.25. The number of benzene rings is 1. The highest BCUT2D eigenvalue weighted by atomic mass is 19.1. The Labute approximate surface area is 135 Å². The second-order valence-corrected chi connectivity index (χ2v) is 5.89. The van der Waals surface area contributed by atoms with Gasteiger partial charge < -0.3 is 10.6 Å². The summed E-state index contributed by atoms with van der Waals surface area (Å²) in [4.78, 5) is 16.4. The number of hydrogen-bond acceptors (Lipinski definition) is 3. The third kappa shape index (κ3) is 4.28. The van der Waals surface area contributed by atoms with Crippen molar-refractivity contribution in [3.8, 4) is 0 Å². The van der Waals surface area contributed by atoms with Crippen LogP contribution in [0.3, 0.4) is 0 Å². The minimum absolute atomic E-state index is 0.0584. The van der Waals surface area contributed by atoms with E-state index >= 15 is 0 Å². The van der Waals surface area contributed by atoms with Crippen LogP contribution < -0.4 is 10.6 Å². The van der Waals surface area contributed by atoms with Gasteiger partial charge in [0.1, 0.15) is 11.6 Å². The summed E-state index contributed by atoms with van der Waals surface area (Å²) in [5.41, 5.74) is 1.40. The van der Waals surface area contributed by atoms with Crippen molar-refractivity contribution in [2.45, 2.75) is 32.1 Å². The normalized spacial score (nSPS) is 15.2. The SMILES string of the molecule is O=C(Nc1ccc(Nc2cccc(F)c2)cn1)C1CCCCC1. The quantitative estimate of drug-likeness (QED) is 0.875. The molecule has 0 aliphatic heterocycles. The molecule has 2 aromatic rings. The van der Waals surface area contributed by atoms with Gasteiger partial charge in [0.15, 0.2) is 0 Å². The molecule has 1 aliphatic rings. The predicted octanol–water partition coefficient (Wildman–Crippen LogP) is 4.48. The van der Waals surface area contributed by atoms with Gasteiger partial charge in [-0.1, -0.05) is 25.3 Å². The minimum Gasteiger partial charge on any atom is -0.354 e. The minimum atomic E-state index is -0.292. The molecule has 1 amide bonds. The zero-order valence-electron chi connectivity index (χ0n) is 12.9. The second kappa shape index (κ2) is 7.22. The van der Waals surface area contributed by atoms with Crippen LogP contribution in [0.25, 0.3) is 0 Å². The summed E-state index contributed by atoms with van der Waals surface area (Å²) in [6.45, 7) is 0. The van der Waals surface area contributed by atoms with Crippen LogP contribution >= 0.6 is 0 Å². The predicted molar refractivity (Wildman–Crippen MR) is 89.1 cm³/mol. The smallest absolute Gasteiger partial charge is 0.228 e. The van der Waals surface area contributed by atoms with Crippen LogP contribution in [0.4, 0.5) is 21.6 Å². The van der Waals surface area contributed by atoms with E-state index in [0.717, 1.165) is 31.4 Å². The van der Waals surface area contributed by atoms with Gasteiger partial charge in [0.2, 0.25) is 5.91 Å². The molecule has 0 saturated heterocycles. The maximum Gasteiger partial charge on any atom is 0.228 e. The molecule has 1 saturated carbocycles. The first-order valence-electron chi connectivity index (χ1n) is 8.00. The molecule has 0 atom stereocenters. The van der Waals surface area contributed by atoms with Gasteiger partial charge in [-0.25, -0.2) is 9.37 Å². The van der Waals surface area contributed by atoms with E-state index in [9.17, 15) is 9.18 Å². The standard InChI is InChI=1S/C18H20FN3O/c19-14-7-4-8-15(11-14)21-16-9-10-17(20-12-16)22-18(23)13-5-2-1-3-6-13/h4,7-13,21H,1-3,5-6H2,(H,20,22,23). The number of carbonyl (C=O) groups is 1. The van der Waals surface area contributed by atoms with Crippen molar-refractivity contribution in [1.29, 1.82) is 0 Å². The number of rotatable bonds is 4. The van der Waals surface area contributed by atoms with E-state index < -0.39 is 0 Å². The van der Waals surface area contributed by atoms with Gasteiger partial charge in [-0.05, 0) is 43.2 Å². The molecule has 0 spiro atoms. The summed E-state index contributed by atoms with van der Waals surface area (Å²) in [6.07, 6.45) is 7.03. The topological polar surface area (TPSA) is 54.0 Å². The van der Waals surface area contributed by atoms with Gasteiger partial charge in [-0.3, -0.25) is 4.79 Å². The Morgan fingerprint density at radius 3 is 2.61 bits per heavy atom. The van der Waals surface area contributed by atoms with Gasteiger partial charge in [0, 0.05) is 11.6 Å². The first kappa shape index (κ1) is 15.5. The maximum absolute atomic E-state index is 13.2. The molecule has 120 valence electrons. The molecule has 0 bridgehead atoms. The van der Waals surface area contributed by atoms with Gasteiger partial charge in [-0.15, -0.1) is 0 Å². The number of nitrogens with one attached hydrogen (secondary N) is 2. The molecule has 0 radical (unpaired) electrons. The third-order valence-electron chi connectivity index (χ3n) is 4.10. The average molecular weight is 313 g/mol. The van der Waals surface area contributed by atoms with Gasteiger partial charge in [0.05, 0.1) is 11.9 Å². The summed E-state index contributed by atoms with van der Waals surface area (Å²) in [5, 5.41) is 5.95. The van der Waals surface area contributed by atoms with Crippen LogP contribution in [0, 0.1) is 11.7 Å². The molecule has 1 aromatic heterocycles. The average Bonchev–Trinajstić information content (AvgIpc) is 2.57. The summed E-state index contributed by atoms with van der Waals surface area (Å²) >= 11 is 0. The molecule has 1 heterocycles. The van der Waals surface area contributed by atoms with E-state index in [-0.39, 0.29) is 17.6 Å². The Bertz CT molecular complexity index is 666. The first-order valence-corrected chi connectivity index (χ1v) is 8.00. The molecular weight excluding hydrogens is 293 g/mol. The van der Waals surface area contributed by atoms with Crippen molar-refractivity contribution in [1.82, 2.24) is 4.98 Å². The summed E-state index contributed by atoms with van der Waals surface area (Å²) in [6, 6.07) is 9.80. The van der Waals surface area contributed by atoms with Gasteiger partial charge in [-0.2, -0.15) is 0 Å². The third-order valence-corrected chi connectivity index (χ3v) is 4.10. The number of hydrogen-bond donors (Lipinski definition) is 2. The van der Waals surface area contributed by atoms with Gasteiger partial charge >= 0.3 is 0 Å². The van der Waals surface area contributed by atoms with Crippen LogP contribution in [0.2, 0.25) is 0 Å². The fourth-order valence-corrected chi connectivity index (χ4v) is 2.87. The Hall–Kier alpha value is -2.43. The van der Waals surface area contributed by atoms with Crippen LogP contribution in [0.1, 0.15) is 32.1 Å². The van der Waals surface area contributed by atoms with Crippen molar-refractivity contribution in [2.24, 2.45) is 5.92 Å². The lowest BCUT2D eigenvalue weighted by atomic mass is 9.89. The first-order chi connectivity index (χ1) is 11.2.